The maximum Gasteiger partial charge on any atom is 0.122 e. The molecule has 1 heterocycles. The SMILES string of the molecule is C=C(CC)C1=CCOC1CC/C(C)=C/c1cc(Br)ccc1O. The Balaban J connectivity index is 1.99. The van der Waals surface area contributed by atoms with Gasteiger partial charge >= 0.3 is 0 Å². The Morgan fingerprint density at radius 1 is 1.50 bits per heavy atom. The molecule has 118 valence electrons. The second-order valence-corrected chi connectivity index (χ2v) is 6.59. The van der Waals surface area contributed by atoms with Gasteiger partial charge in [-0.1, -0.05) is 47.2 Å². The predicted octanol–water partition coefficient (Wildman–Crippen LogP) is 5.63. The van der Waals surface area contributed by atoms with E-state index < -0.39 is 0 Å². The van der Waals surface area contributed by atoms with E-state index in [2.05, 4.69) is 42.4 Å². The van der Waals surface area contributed by atoms with Crippen LogP contribution in [0.5, 0.6) is 5.75 Å². The molecule has 0 amide bonds. The van der Waals surface area contributed by atoms with Gasteiger partial charge in [0.15, 0.2) is 0 Å². The number of hydrogen-bond donors (Lipinski definition) is 1. The van der Waals surface area contributed by atoms with E-state index in [0.29, 0.717) is 12.4 Å². The summed E-state index contributed by atoms with van der Waals surface area (Å²) in [5, 5.41) is 9.90. The number of allylic oxidation sites excluding steroid dienone is 1. The van der Waals surface area contributed by atoms with Crippen molar-refractivity contribution in [3.05, 3.63) is 57.6 Å². The van der Waals surface area contributed by atoms with Crippen molar-refractivity contribution in [2.45, 2.75) is 39.2 Å². The lowest BCUT2D eigenvalue weighted by atomic mass is 9.96. The number of aromatic hydroxyl groups is 1. The summed E-state index contributed by atoms with van der Waals surface area (Å²) in [4.78, 5) is 0. The van der Waals surface area contributed by atoms with Gasteiger partial charge in [-0.15, -0.1) is 0 Å². The van der Waals surface area contributed by atoms with Gasteiger partial charge in [-0.2, -0.15) is 0 Å². The van der Waals surface area contributed by atoms with Crippen LogP contribution in [0.4, 0.5) is 0 Å². The third-order valence-electron chi connectivity index (χ3n) is 3.97. The number of phenols is 1. The van der Waals surface area contributed by atoms with E-state index in [1.807, 2.05) is 18.2 Å². The van der Waals surface area contributed by atoms with Crippen molar-refractivity contribution in [2.75, 3.05) is 6.61 Å². The molecule has 1 unspecified atom stereocenters. The lowest BCUT2D eigenvalue weighted by Crippen LogP contribution is -2.11. The zero-order valence-corrected chi connectivity index (χ0v) is 14.8. The predicted molar refractivity (Wildman–Crippen MR) is 95.9 cm³/mol. The lowest BCUT2D eigenvalue weighted by Gasteiger charge is -2.16. The molecule has 0 fully saturated rings. The fraction of sp³-hybridized carbons (Fsp3) is 0.368. The molecule has 0 aromatic heterocycles. The number of hydrogen-bond acceptors (Lipinski definition) is 2. The molecule has 0 radical (unpaired) electrons. The van der Waals surface area contributed by atoms with Crippen LogP contribution in [-0.4, -0.2) is 17.8 Å². The van der Waals surface area contributed by atoms with Gasteiger partial charge in [0.25, 0.3) is 0 Å². The van der Waals surface area contributed by atoms with Crippen LogP contribution in [-0.2, 0) is 4.74 Å². The van der Waals surface area contributed by atoms with Crippen molar-refractivity contribution in [3.63, 3.8) is 0 Å². The molecule has 2 rings (SSSR count). The maximum atomic E-state index is 9.90. The smallest absolute Gasteiger partial charge is 0.122 e. The molecule has 2 nitrogen and oxygen atoms in total. The molecule has 3 heteroatoms. The van der Waals surface area contributed by atoms with Gasteiger partial charge in [-0.25, -0.2) is 0 Å². The first-order valence-electron chi connectivity index (χ1n) is 7.66. The molecular formula is C19H23BrO2. The molecule has 1 aromatic carbocycles. The molecule has 0 bridgehead atoms. The largest absolute Gasteiger partial charge is 0.507 e. The summed E-state index contributed by atoms with van der Waals surface area (Å²) in [5.41, 5.74) is 4.51. The van der Waals surface area contributed by atoms with Crippen LogP contribution in [0.2, 0.25) is 0 Å². The van der Waals surface area contributed by atoms with Gasteiger partial charge in [0.1, 0.15) is 5.75 Å². The zero-order chi connectivity index (χ0) is 16.1. The highest BCUT2D eigenvalue weighted by atomic mass is 79.9. The van der Waals surface area contributed by atoms with Crippen molar-refractivity contribution in [3.8, 4) is 5.75 Å². The van der Waals surface area contributed by atoms with Gasteiger partial charge in [-0.05, 0) is 55.5 Å². The van der Waals surface area contributed by atoms with E-state index in [9.17, 15) is 5.11 Å². The zero-order valence-electron chi connectivity index (χ0n) is 13.2. The molecule has 1 atom stereocenters. The van der Waals surface area contributed by atoms with Crippen LogP contribution < -0.4 is 0 Å². The Kier molecular flexibility index (Phi) is 6.04. The quantitative estimate of drug-likeness (QED) is 0.710. The number of rotatable bonds is 6. The highest BCUT2D eigenvalue weighted by Gasteiger charge is 2.21. The molecule has 1 aliphatic heterocycles. The first-order valence-corrected chi connectivity index (χ1v) is 8.46. The van der Waals surface area contributed by atoms with Crippen LogP contribution in [0.3, 0.4) is 0 Å². The molecular weight excluding hydrogens is 340 g/mol. The number of ether oxygens (including phenoxy) is 1. The van der Waals surface area contributed by atoms with Crippen molar-refractivity contribution >= 4 is 22.0 Å². The van der Waals surface area contributed by atoms with Crippen LogP contribution in [0.15, 0.2) is 52.0 Å². The molecule has 1 aliphatic rings. The van der Waals surface area contributed by atoms with Crippen molar-refractivity contribution < 1.29 is 9.84 Å². The highest BCUT2D eigenvalue weighted by molar-refractivity contribution is 9.10. The minimum atomic E-state index is 0.159. The summed E-state index contributed by atoms with van der Waals surface area (Å²) in [6.07, 6.45) is 7.19. The summed E-state index contributed by atoms with van der Waals surface area (Å²) in [5.74, 6) is 0.305. The number of halogens is 1. The third-order valence-corrected chi connectivity index (χ3v) is 4.47. The van der Waals surface area contributed by atoms with E-state index in [1.165, 1.54) is 16.7 Å². The molecule has 0 spiro atoms. The van der Waals surface area contributed by atoms with Crippen molar-refractivity contribution in [1.82, 2.24) is 0 Å². The first kappa shape index (κ1) is 17.0. The summed E-state index contributed by atoms with van der Waals surface area (Å²) in [6, 6.07) is 5.46. The van der Waals surface area contributed by atoms with Crippen LogP contribution in [0.1, 0.15) is 38.7 Å². The van der Waals surface area contributed by atoms with E-state index >= 15 is 0 Å². The van der Waals surface area contributed by atoms with E-state index in [-0.39, 0.29) is 6.10 Å². The Labute approximate surface area is 141 Å². The third kappa shape index (κ3) is 4.34. The van der Waals surface area contributed by atoms with Gasteiger partial charge < -0.3 is 9.84 Å². The first-order chi connectivity index (χ1) is 10.5. The molecule has 0 aliphatic carbocycles. The summed E-state index contributed by atoms with van der Waals surface area (Å²) < 4.78 is 6.76. The van der Waals surface area contributed by atoms with Gasteiger partial charge in [0.05, 0.1) is 12.7 Å². The van der Waals surface area contributed by atoms with Crippen LogP contribution >= 0.6 is 15.9 Å². The van der Waals surface area contributed by atoms with Gasteiger partial charge in [0, 0.05) is 10.0 Å². The van der Waals surface area contributed by atoms with Crippen LogP contribution in [0.25, 0.3) is 6.08 Å². The Hall–Kier alpha value is -1.32. The monoisotopic (exact) mass is 362 g/mol. The Bertz CT molecular complexity index is 614. The van der Waals surface area contributed by atoms with E-state index in [1.54, 1.807) is 6.07 Å². The maximum absolute atomic E-state index is 9.90. The molecule has 0 saturated carbocycles. The summed E-state index contributed by atoms with van der Waals surface area (Å²) in [7, 11) is 0. The highest BCUT2D eigenvalue weighted by Crippen LogP contribution is 2.29. The number of phenolic OH excluding ortho intramolecular Hbond substituents is 1. The normalized spacial score (nSPS) is 18.4. The second-order valence-electron chi connectivity index (χ2n) is 5.67. The van der Waals surface area contributed by atoms with Crippen molar-refractivity contribution in [2.24, 2.45) is 0 Å². The molecule has 0 saturated heterocycles. The Morgan fingerprint density at radius 3 is 3.00 bits per heavy atom. The standard InChI is InChI=1S/C19H23BrO2/c1-4-14(3)17-9-10-22-19(17)8-5-13(2)11-15-12-16(20)6-7-18(15)21/h6-7,9,11-12,19,21H,3-5,8,10H2,1-2H3/b13-11+. The molecule has 1 aromatic rings. The fourth-order valence-electron chi connectivity index (χ4n) is 2.63. The average Bonchev–Trinajstić information content (AvgIpc) is 2.96. The van der Waals surface area contributed by atoms with Gasteiger partial charge in [-0.3, -0.25) is 0 Å². The number of benzene rings is 1. The summed E-state index contributed by atoms with van der Waals surface area (Å²) >= 11 is 3.43. The van der Waals surface area contributed by atoms with E-state index in [4.69, 9.17) is 4.74 Å². The fourth-order valence-corrected chi connectivity index (χ4v) is 3.01. The van der Waals surface area contributed by atoms with Crippen molar-refractivity contribution in [1.29, 1.82) is 0 Å². The molecule has 22 heavy (non-hydrogen) atoms. The average molecular weight is 363 g/mol. The van der Waals surface area contributed by atoms with Gasteiger partial charge in [0.2, 0.25) is 0 Å². The Morgan fingerprint density at radius 2 is 2.27 bits per heavy atom. The minimum Gasteiger partial charge on any atom is -0.507 e. The topological polar surface area (TPSA) is 29.5 Å². The lowest BCUT2D eigenvalue weighted by molar-refractivity contribution is 0.116. The second kappa shape index (κ2) is 7.80. The van der Waals surface area contributed by atoms with Crippen LogP contribution in [0, 0.1) is 0 Å². The van der Waals surface area contributed by atoms with E-state index in [0.717, 1.165) is 29.3 Å². The minimum absolute atomic E-state index is 0.159. The molecule has 1 N–H and O–H groups in total. The summed E-state index contributed by atoms with van der Waals surface area (Å²) in [6.45, 7) is 9.02.